The van der Waals surface area contributed by atoms with Gasteiger partial charge in [0, 0.05) is 18.2 Å². The fourth-order valence-electron chi connectivity index (χ4n) is 3.18. The van der Waals surface area contributed by atoms with Crippen molar-refractivity contribution in [3.8, 4) is 0 Å². The van der Waals surface area contributed by atoms with Gasteiger partial charge >= 0.3 is 6.18 Å². The van der Waals surface area contributed by atoms with E-state index < -0.39 is 11.7 Å². The summed E-state index contributed by atoms with van der Waals surface area (Å²) in [6.45, 7) is 0.583. The third-order valence-corrected chi connectivity index (χ3v) is 4.82. The molecule has 29 heavy (non-hydrogen) atoms. The second kappa shape index (κ2) is 9.56. The van der Waals surface area contributed by atoms with Crippen LogP contribution in [0.25, 0.3) is 0 Å². The molecule has 3 rings (SSSR count). The molecule has 0 aliphatic carbocycles. The summed E-state index contributed by atoms with van der Waals surface area (Å²) in [5.74, 6) is 0.196. The van der Waals surface area contributed by atoms with Crippen LogP contribution in [-0.2, 0) is 6.18 Å². The lowest BCUT2D eigenvalue weighted by Gasteiger charge is -2.19. The summed E-state index contributed by atoms with van der Waals surface area (Å²) < 4.78 is 38.5. The molecule has 0 saturated heterocycles. The van der Waals surface area contributed by atoms with Crippen LogP contribution in [0.4, 0.5) is 18.9 Å². The molecule has 2 nitrogen and oxygen atoms in total. The van der Waals surface area contributed by atoms with Gasteiger partial charge in [0.25, 0.3) is 0 Å². The Balaban J connectivity index is 1.61. The normalized spacial score (nSPS) is 11.3. The molecule has 0 aromatic heterocycles. The molecule has 0 saturated carbocycles. The Labute approximate surface area is 173 Å². The Morgan fingerprint density at radius 1 is 0.828 bits per heavy atom. The second-order valence-corrected chi connectivity index (χ2v) is 7.03. The van der Waals surface area contributed by atoms with E-state index in [-0.39, 0.29) is 5.92 Å². The highest BCUT2D eigenvalue weighted by Crippen LogP contribution is 2.30. The van der Waals surface area contributed by atoms with Crippen molar-refractivity contribution in [2.75, 3.05) is 11.9 Å². The quantitative estimate of drug-likeness (QED) is 0.469. The van der Waals surface area contributed by atoms with Crippen molar-refractivity contribution >= 4 is 23.0 Å². The van der Waals surface area contributed by atoms with Crippen LogP contribution in [0, 0.1) is 0 Å². The van der Waals surface area contributed by atoms with Crippen LogP contribution in [0.1, 0.15) is 29.0 Å². The third kappa shape index (κ3) is 6.06. The molecule has 0 atom stereocenters. The Morgan fingerprint density at radius 3 is 1.97 bits per heavy atom. The summed E-state index contributed by atoms with van der Waals surface area (Å²) in [6, 6.07) is 25.4. The minimum atomic E-state index is -4.38. The molecule has 6 heteroatoms. The fraction of sp³-hybridized carbons (Fsp3) is 0.174. The Morgan fingerprint density at radius 2 is 1.41 bits per heavy atom. The van der Waals surface area contributed by atoms with Gasteiger partial charge in [0.2, 0.25) is 0 Å². The average molecular weight is 414 g/mol. The smallest absolute Gasteiger partial charge is 0.362 e. The Bertz CT molecular complexity index is 888. The maximum absolute atomic E-state index is 12.8. The van der Waals surface area contributed by atoms with E-state index in [4.69, 9.17) is 12.2 Å². The zero-order valence-corrected chi connectivity index (χ0v) is 16.4. The van der Waals surface area contributed by atoms with Gasteiger partial charge < -0.3 is 10.6 Å². The molecule has 0 unspecified atom stereocenters. The lowest BCUT2D eigenvalue weighted by atomic mass is 9.88. The Hall–Kier alpha value is -2.86. The summed E-state index contributed by atoms with van der Waals surface area (Å²) >= 11 is 5.25. The van der Waals surface area contributed by atoms with E-state index in [0.29, 0.717) is 17.3 Å². The first-order chi connectivity index (χ1) is 13.9. The van der Waals surface area contributed by atoms with E-state index >= 15 is 0 Å². The highest BCUT2D eigenvalue weighted by Gasteiger charge is 2.30. The maximum atomic E-state index is 12.8. The number of anilines is 1. The maximum Gasteiger partial charge on any atom is 0.416 e. The van der Waals surface area contributed by atoms with Gasteiger partial charge in [-0.05, 0) is 48.0 Å². The molecule has 2 N–H and O–H groups in total. The van der Waals surface area contributed by atoms with Crippen molar-refractivity contribution in [2.24, 2.45) is 0 Å². The molecule has 0 heterocycles. The first-order valence-electron chi connectivity index (χ1n) is 9.25. The van der Waals surface area contributed by atoms with Gasteiger partial charge in [-0.1, -0.05) is 66.7 Å². The molecule has 0 radical (unpaired) electrons. The molecule has 3 aromatic carbocycles. The molecular formula is C23H21F3N2S. The number of hydrogen-bond donors (Lipinski definition) is 2. The van der Waals surface area contributed by atoms with E-state index in [2.05, 4.69) is 34.9 Å². The van der Waals surface area contributed by atoms with Gasteiger partial charge in [-0.3, -0.25) is 0 Å². The van der Waals surface area contributed by atoms with E-state index in [1.165, 1.54) is 17.2 Å². The number of hydrogen-bond acceptors (Lipinski definition) is 1. The summed E-state index contributed by atoms with van der Waals surface area (Å²) in [5.41, 5.74) is 2.01. The molecule has 3 aromatic rings. The first-order valence-corrected chi connectivity index (χ1v) is 9.66. The van der Waals surface area contributed by atoms with E-state index in [1.54, 1.807) is 6.07 Å². The van der Waals surface area contributed by atoms with Gasteiger partial charge in [-0.2, -0.15) is 13.2 Å². The van der Waals surface area contributed by atoms with Crippen molar-refractivity contribution in [1.29, 1.82) is 0 Å². The van der Waals surface area contributed by atoms with Crippen LogP contribution in [-0.4, -0.2) is 11.7 Å². The summed E-state index contributed by atoms with van der Waals surface area (Å²) in [6.07, 6.45) is -3.59. The van der Waals surface area contributed by atoms with Crippen LogP contribution >= 0.6 is 12.2 Å². The predicted molar refractivity (Wildman–Crippen MR) is 115 cm³/mol. The lowest BCUT2D eigenvalue weighted by Crippen LogP contribution is -2.30. The van der Waals surface area contributed by atoms with Crippen LogP contribution in [0.5, 0.6) is 0 Å². The molecule has 150 valence electrons. The standard InChI is InChI=1S/C23H21F3N2S/c24-23(25,26)19-12-7-13-20(16-19)28-22(29)27-15-14-21(17-8-3-1-4-9-17)18-10-5-2-6-11-18/h1-13,16,21H,14-15H2,(H2,27,28,29). The molecule has 0 amide bonds. The topological polar surface area (TPSA) is 24.1 Å². The van der Waals surface area contributed by atoms with Crippen molar-refractivity contribution in [2.45, 2.75) is 18.5 Å². The van der Waals surface area contributed by atoms with Crippen molar-refractivity contribution in [3.63, 3.8) is 0 Å². The highest BCUT2D eigenvalue weighted by molar-refractivity contribution is 7.80. The van der Waals surface area contributed by atoms with Crippen molar-refractivity contribution in [1.82, 2.24) is 5.32 Å². The summed E-state index contributed by atoms with van der Waals surface area (Å²) in [4.78, 5) is 0. The lowest BCUT2D eigenvalue weighted by molar-refractivity contribution is -0.137. The second-order valence-electron chi connectivity index (χ2n) is 6.62. The minimum absolute atomic E-state index is 0.196. The zero-order chi connectivity index (χ0) is 20.7. The first kappa shape index (κ1) is 20.9. The van der Waals surface area contributed by atoms with E-state index in [0.717, 1.165) is 18.6 Å². The largest absolute Gasteiger partial charge is 0.416 e. The van der Waals surface area contributed by atoms with Crippen LogP contribution in [0.3, 0.4) is 0 Å². The number of benzene rings is 3. The van der Waals surface area contributed by atoms with Gasteiger partial charge in [0.1, 0.15) is 0 Å². The highest BCUT2D eigenvalue weighted by atomic mass is 32.1. The number of rotatable bonds is 6. The predicted octanol–water partition coefficient (Wildman–Crippen LogP) is 6.21. The zero-order valence-electron chi connectivity index (χ0n) is 15.6. The average Bonchev–Trinajstić information content (AvgIpc) is 2.72. The molecule has 0 fully saturated rings. The Kier molecular flexibility index (Phi) is 6.88. The van der Waals surface area contributed by atoms with Crippen LogP contribution in [0.2, 0.25) is 0 Å². The van der Waals surface area contributed by atoms with Gasteiger partial charge in [0.15, 0.2) is 5.11 Å². The minimum Gasteiger partial charge on any atom is -0.362 e. The van der Waals surface area contributed by atoms with E-state index in [9.17, 15) is 13.2 Å². The monoisotopic (exact) mass is 414 g/mol. The molecule has 0 aliphatic heterocycles. The fourth-order valence-corrected chi connectivity index (χ4v) is 3.39. The summed E-state index contributed by atoms with van der Waals surface area (Å²) in [5, 5.41) is 6.22. The van der Waals surface area contributed by atoms with Gasteiger partial charge in [-0.25, -0.2) is 0 Å². The van der Waals surface area contributed by atoms with Gasteiger partial charge in [-0.15, -0.1) is 0 Å². The molecule has 0 spiro atoms. The van der Waals surface area contributed by atoms with Crippen LogP contribution < -0.4 is 10.6 Å². The van der Waals surface area contributed by atoms with Crippen LogP contribution in [0.15, 0.2) is 84.9 Å². The third-order valence-electron chi connectivity index (χ3n) is 4.57. The number of nitrogens with one attached hydrogen (secondary N) is 2. The molecular weight excluding hydrogens is 393 g/mol. The van der Waals surface area contributed by atoms with Crippen molar-refractivity contribution < 1.29 is 13.2 Å². The number of halogens is 3. The molecule has 0 bridgehead atoms. The molecule has 0 aliphatic rings. The van der Waals surface area contributed by atoms with Crippen molar-refractivity contribution in [3.05, 3.63) is 102 Å². The van der Waals surface area contributed by atoms with Gasteiger partial charge in [0.05, 0.1) is 5.56 Å². The summed E-state index contributed by atoms with van der Waals surface area (Å²) in [7, 11) is 0. The SMILES string of the molecule is FC(F)(F)c1cccc(NC(=S)NCCC(c2ccccc2)c2ccccc2)c1. The number of thiocarbonyl (C=S) groups is 1. The number of alkyl halides is 3. The van der Waals surface area contributed by atoms with E-state index in [1.807, 2.05) is 36.4 Å².